The number of rotatable bonds is 6. The lowest BCUT2D eigenvalue weighted by Crippen LogP contribution is -2.42. The van der Waals surface area contributed by atoms with E-state index in [2.05, 4.69) is 21.2 Å². The molecule has 0 saturated heterocycles. The lowest BCUT2D eigenvalue weighted by Gasteiger charge is -2.21. The van der Waals surface area contributed by atoms with Crippen molar-refractivity contribution in [1.29, 1.82) is 0 Å². The van der Waals surface area contributed by atoms with E-state index in [1.807, 2.05) is 12.1 Å². The fourth-order valence-corrected chi connectivity index (χ4v) is 3.19. The maximum atomic E-state index is 12.0. The Labute approximate surface area is 123 Å². The molecule has 0 aliphatic heterocycles. The van der Waals surface area contributed by atoms with E-state index < -0.39 is 5.97 Å². The Kier molecular flexibility index (Phi) is 4.81. The van der Waals surface area contributed by atoms with Gasteiger partial charge in [0.15, 0.2) is 0 Å². The summed E-state index contributed by atoms with van der Waals surface area (Å²) in [5.41, 5.74) is 0. The molecule has 1 aromatic heterocycles. The van der Waals surface area contributed by atoms with Gasteiger partial charge in [-0.2, -0.15) is 0 Å². The van der Waals surface area contributed by atoms with Gasteiger partial charge in [0, 0.05) is 17.5 Å². The van der Waals surface area contributed by atoms with Crippen molar-refractivity contribution in [2.75, 3.05) is 6.54 Å². The molecule has 5 nitrogen and oxygen atoms in total. The van der Waals surface area contributed by atoms with Gasteiger partial charge in [-0.15, -0.1) is 11.3 Å². The van der Waals surface area contributed by atoms with E-state index in [1.165, 1.54) is 0 Å². The zero-order valence-electron chi connectivity index (χ0n) is 10.3. The zero-order chi connectivity index (χ0) is 13.8. The number of carboxylic acids is 1. The third-order valence-electron chi connectivity index (χ3n) is 2.86. The van der Waals surface area contributed by atoms with Gasteiger partial charge in [0.2, 0.25) is 0 Å². The minimum atomic E-state index is -0.874. The van der Waals surface area contributed by atoms with Crippen LogP contribution in [0, 0.1) is 0 Å². The average Bonchev–Trinajstić information content (AvgIpc) is 3.09. The molecule has 7 heteroatoms. The van der Waals surface area contributed by atoms with Crippen LogP contribution in [0.1, 0.15) is 24.1 Å². The van der Waals surface area contributed by atoms with E-state index in [4.69, 9.17) is 5.11 Å². The lowest BCUT2D eigenvalue weighted by molar-refractivity contribution is -0.137. The van der Waals surface area contributed by atoms with Crippen LogP contribution in [0.3, 0.4) is 0 Å². The van der Waals surface area contributed by atoms with Gasteiger partial charge < -0.3 is 15.3 Å². The summed E-state index contributed by atoms with van der Waals surface area (Å²) in [5, 5.41) is 11.5. The number of nitrogens with one attached hydrogen (secondary N) is 1. The molecule has 1 aromatic rings. The average molecular weight is 347 g/mol. The zero-order valence-corrected chi connectivity index (χ0v) is 12.7. The maximum absolute atomic E-state index is 12.0. The van der Waals surface area contributed by atoms with Gasteiger partial charge in [-0.3, -0.25) is 4.79 Å². The summed E-state index contributed by atoms with van der Waals surface area (Å²) in [7, 11) is 0. The summed E-state index contributed by atoms with van der Waals surface area (Å²) < 4.78 is 1.03. The molecule has 0 spiro atoms. The highest BCUT2D eigenvalue weighted by atomic mass is 79.9. The quantitative estimate of drug-likeness (QED) is 0.831. The molecule has 19 heavy (non-hydrogen) atoms. The SMILES string of the molecule is O=C(O)CCN(C(=O)NCc1ccc(Br)s1)C1CC1. The number of nitrogens with zero attached hydrogens (tertiary/aromatic N) is 1. The molecule has 1 aliphatic carbocycles. The van der Waals surface area contributed by atoms with E-state index in [1.54, 1.807) is 16.2 Å². The molecule has 0 bridgehead atoms. The number of aliphatic carboxylic acids is 1. The van der Waals surface area contributed by atoms with Gasteiger partial charge >= 0.3 is 12.0 Å². The van der Waals surface area contributed by atoms with Crippen LogP contribution >= 0.6 is 27.3 Å². The second-order valence-corrected chi connectivity index (χ2v) is 6.98. The highest BCUT2D eigenvalue weighted by Crippen LogP contribution is 2.27. The molecular formula is C12H15BrN2O3S. The highest BCUT2D eigenvalue weighted by molar-refractivity contribution is 9.11. The minimum absolute atomic E-state index is 0.00549. The molecular weight excluding hydrogens is 332 g/mol. The van der Waals surface area contributed by atoms with Gasteiger partial charge in [-0.05, 0) is 40.9 Å². The third kappa shape index (κ3) is 4.50. The fraction of sp³-hybridized carbons (Fsp3) is 0.500. The Hall–Kier alpha value is -1.08. The summed E-state index contributed by atoms with van der Waals surface area (Å²) in [6.45, 7) is 0.755. The Morgan fingerprint density at radius 1 is 1.47 bits per heavy atom. The molecule has 0 aromatic carbocycles. The molecule has 1 heterocycles. The van der Waals surface area contributed by atoms with E-state index in [0.29, 0.717) is 6.54 Å². The first-order valence-electron chi connectivity index (χ1n) is 6.06. The van der Waals surface area contributed by atoms with Crippen LogP contribution in [0.5, 0.6) is 0 Å². The summed E-state index contributed by atoms with van der Waals surface area (Å²) in [4.78, 5) is 25.3. The minimum Gasteiger partial charge on any atom is -0.481 e. The smallest absolute Gasteiger partial charge is 0.317 e. The Balaban J connectivity index is 1.83. The van der Waals surface area contributed by atoms with E-state index in [0.717, 1.165) is 21.5 Å². The number of hydrogen-bond acceptors (Lipinski definition) is 3. The molecule has 2 N–H and O–H groups in total. The normalized spacial score (nSPS) is 14.2. The maximum Gasteiger partial charge on any atom is 0.317 e. The molecule has 104 valence electrons. The van der Waals surface area contributed by atoms with Crippen LogP contribution in [0.15, 0.2) is 15.9 Å². The lowest BCUT2D eigenvalue weighted by atomic mass is 10.4. The van der Waals surface area contributed by atoms with E-state index in [-0.39, 0.29) is 25.0 Å². The number of amides is 2. The topological polar surface area (TPSA) is 69.6 Å². The fourth-order valence-electron chi connectivity index (χ4n) is 1.76. The molecule has 0 atom stereocenters. The van der Waals surface area contributed by atoms with E-state index in [9.17, 15) is 9.59 Å². The monoisotopic (exact) mass is 346 g/mol. The predicted molar refractivity (Wildman–Crippen MR) is 76.2 cm³/mol. The molecule has 1 fully saturated rings. The van der Waals surface area contributed by atoms with Crippen molar-refractivity contribution in [1.82, 2.24) is 10.2 Å². The van der Waals surface area contributed by atoms with Gasteiger partial charge in [0.25, 0.3) is 0 Å². The first kappa shape index (κ1) is 14.3. The van der Waals surface area contributed by atoms with Crippen molar-refractivity contribution in [2.24, 2.45) is 0 Å². The molecule has 2 amide bonds. The Morgan fingerprint density at radius 2 is 2.21 bits per heavy atom. The van der Waals surface area contributed by atoms with Gasteiger partial charge in [0.05, 0.1) is 16.8 Å². The molecule has 1 saturated carbocycles. The first-order valence-corrected chi connectivity index (χ1v) is 7.67. The first-order chi connectivity index (χ1) is 9.06. The molecule has 2 rings (SSSR count). The second kappa shape index (κ2) is 6.38. The summed E-state index contributed by atoms with van der Waals surface area (Å²) in [5.74, 6) is -0.874. The number of halogens is 1. The van der Waals surface area contributed by atoms with Gasteiger partial charge in [0.1, 0.15) is 0 Å². The van der Waals surface area contributed by atoms with Crippen molar-refractivity contribution < 1.29 is 14.7 Å². The van der Waals surface area contributed by atoms with Crippen LogP contribution < -0.4 is 5.32 Å². The van der Waals surface area contributed by atoms with Crippen LogP contribution in [-0.2, 0) is 11.3 Å². The predicted octanol–water partition coefficient (Wildman–Crippen LogP) is 2.66. The van der Waals surface area contributed by atoms with Crippen LogP contribution in [0.4, 0.5) is 4.79 Å². The van der Waals surface area contributed by atoms with Crippen molar-refractivity contribution in [3.8, 4) is 0 Å². The number of carboxylic acid groups (broad SMARTS) is 1. The van der Waals surface area contributed by atoms with Crippen molar-refractivity contribution >= 4 is 39.3 Å². The van der Waals surface area contributed by atoms with E-state index >= 15 is 0 Å². The Morgan fingerprint density at radius 3 is 2.74 bits per heavy atom. The second-order valence-electron chi connectivity index (χ2n) is 4.43. The van der Waals surface area contributed by atoms with Crippen molar-refractivity contribution in [2.45, 2.75) is 31.8 Å². The summed E-state index contributed by atoms with van der Waals surface area (Å²) >= 11 is 4.95. The summed E-state index contributed by atoms with van der Waals surface area (Å²) in [6, 6.07) is 3.94. The van der Waals surface area contributed by atoms with Gasteiger partial charge in [-0.1, -0.05) is 0 Å². The number of thiophene rings is 1. The van der Waals surface area contributed by atoms with Crippen LogP contribution in [0.25, 0.3) is 0 Å². The number of urea groups is 1. The summed E-state index contributed by atoms with van der Waals surface area (Å²) in [6.07, 6.45) is 1.93. The standard InChI is InChI=1S/C12H15BrN2O3S/c13-10-4-3-9(19-10)7-14-12(18)15(8-1-2-8)6-5-11(16)17/h3-4,8H,1-2,5-7H2,(H,14,18)(H,16,17). The highest BCUT2D eigenvalue weighted by Gasteiger charge is 2.32. The van der Waals surface area contributed by atoms with Crippen LogP contribution in [0.2, 0.25) is 0 Å². The molecule has 0 unspecified atom stereocenters. The van der Waals surface area contributed by atoms with Crippen LogP contribution in [-0.4, -0.2) is 34.6 Å². The number of carbonyl (C=O) groups excluding carboxylic acids is 1. The molecule has 0 radical (unpaired) electrons. The van der Waals surface area contributed by atoms with Crippen molar-refractivity contribution in [3.63, 3.8) is 0 Å². The third-order valence-corrected chi connectivity index (χ3v) is 4.48. The van der Waals surface area contributed by atoms with Gasteiger partial charge in [-0.25, -0.2) is 4.79 Å². The number of carbonyl (C=O) groups is 2. The van der Waals surface area contributed by atoms with Crippen molar-refractivity contribution in [3.05, 3.63) is 20.8 Å². The largest absolute Gasteiger partial charge is 0.481 e. The Bertz CT molecular complexity index is 473. The number of hydrogen-bond donors (Lipinski definition) is 2. The molecule has 1 aliphatic rings.